The van der Waals surface area contributed by atoms with E-state index in [4.69, 9.17) is 9.47 Å². The van der Waals surface area contributed by atoms with Crippen molar-refractivity contribution in [2.75, 3.05) is 39.7 Å². The molecule has 10 heteroatoms. The Morgan fingerprint density at radius 2 is 1.61 bits per heavy atom. The molecule has 3 amide bonds. The minimum absolute atomic E-state index is 0. The van der Waals surface area contributed by atoms with Crippen LogP contribution in [0.1, 0.15) is 38.2 Å². The number of methoxy groups -OCH3 is 2. The summed E-state index contributed by atoms with van der Waals surface area (Å²) >= 11 is 0. The molecule has 0 aromatic heterocycles. The normalized spacial score (nSPS) is 16.8. The lowest BCUT2D eigenvalue weighted by atomic mass is 9.98. The van der Waals surface area contributed by atoms with Crippen LogP contribution in [0.15, 0.2) is 96.7 Å². The molecule has 0 spiro atoms. The number of hydrogen-bond donors (Lipinski definition) is 2. The number of amides is 3. The van der Waals surface area contributed by atoms with Gasteiger partial charge in [0.1, 0.15) is 11.7 Å². The minimum Gasteiger partial charge on any atom is -0.493 e. The SMILES string of the molecule is COc1cc2c(cc1OC)CN(CCc1ccc(NC(=O)c3cccc(CC4NC(=O)/C(=C/c5ccccc5)N(C)C4=O)c3)cc1)CC2.Cl. The quantitative estimate of drug-likeness (QED) is 0.214. The molecule has 0 bridgehead atoms. The van der Waals surface area contributed by atoms with Crippen molar-refractivity contribution in [3.05, 3.63) is 130 Å². The van der Waals surface area contributed by atoms with Gasteiger partial charge in [-0.2, -0.15) is 0 Å². The number of benzene rings is 4. The molecule has 2 aliphatic rings. The molecule has 6 rings (SSSR count). The zero-order chi connectivity index (χ0) is 33.6. The van der Waals surface area contributed by atoms with Gasteiger partial charge in [-0.3, -0.25) is 19.3 Å². The molecular formula is C39H41ClN4O5. The summed E-state index contributed by atoms with van der Waals surface area (Å²) in [4.78, 5) is 43.1. The summed E-state index contributed by atoms with van der Waals surface area (Å²) in [5.41, 5.74) is 6.86. The van der Waals surface area contributed by atoms with Gasteiger partial charge in [0, 0.05) is 44.4 Å². The lowest BCUT2D eigenvalue weighted by Gasteiger charge is -2.32. The van der Waals surface area contributed by atoms with Gasteiger partial charge in [-0.05, 0) is 83.1 Å². The van der Waals surface area contributed by atoms with E-state index in [1.54, 1.807) is 45.5 Å². The van der Waals surface area contributed by atoms with Crippen LogP contribution in [0.4, 0.5) is 5.69 Å². The number of carbonyl (C=O) groups excluding carboxylic acids is 3. The highest BCUT2D eigenvalue weighted by Gasteiger charge is 2.34. The van der Waals surface area contributed by atoms with Crippen molar-refractivity contribution in [2.45, 2.75) is 31.8 Å². The van der Waals surface area contributed by atoms with Crippen LogP contribution in [0, 0.1) is 0 Å². The van der Waals surface area contributed by atoms with Crippen LogP contribution in [0.2, 0.25) is 0 Å². The fraction of sp³-hybridized carbons (Fsp3) is 0.256. The number of nitrogens with one attached hydrogen (secondary N) is 2. The second kappa shape index (κ2) is 15.9. The molecule has 49 heavy (non-hydrogen) atoms. The summed E-state index contributed by atoms with van der Waals surface area (Å²) in [6, 6.07) is 27.9. The highest BCUT2D eigenvalue weighted by molar-refractivity contribution is 6.07. The molecule has 0 aliphatic carbocycles. The van der Waals surface area contributed by atoms with Crippen molar-refractivity contribution < 1.29 is 23.9 Å². The molecule has 2 aliphatic heterocycles. The van der Waals surface area contributed by atoms with E-state index < -0.39 is 6.04 Å². The smallest absolute Gasteiger partial charge is 0.268 e. The third-order valence-corrected chi connectivity index (χ3v) is 8.99. The van der Waals surface area contributed by atoms with E-state index in [0.717, 1.165) is 55.1 Å². The zero-order valence-electron chi connectivity index (χ0n) is 27.9. The van der Waals surface area contributed by atoms with Crippen molar-refractivity contribution in [1.29, 1.82) is 0 Å². The van der Waals surface area contributed by atoms with Gasteiger partial charge in [0.25, 0.3) is 11.8 Å². The molecule has 1 fully saturated rings. The summed E-state index contributed by atoms with van der Waals surface area (Å²) < 4.78 is 11.0. The number of piperazine rings is 1. The Hall–Kier alpha value is -5.12. The topological polar surface area (TPSA) is 100 Å². The van der Waals surface area contributed by atoms with E-state index in [1.165, 1.54) is 21.6 Å². The number of anilines is 1. The van der Waals surface area contributed by atoms with Gasteiger partial charge in [-0.15, -0.1) is 12.4 Å². The molecule has 9 nitrogen and oxygen atoms in total. The fourth-order valence-electron chi connectivity index (χ4n) is 6.26. The maximum absolute atomic E-state index is 13.2. The number of hydrogen-bond acceptors (Lipinski definition) is 6. The second-order valence-corrected chi connectivity index (χ2v) is 12.2. The Morgan fingerprint density at radius 3 is 2.33 bits per heavy atom. The predicted molar refractivity (Wildman–Crippen MR) is 193 cm³/mol. The van der Waals surface area contributed by atoms with Crippen molar-refractivity contribution in [3.63, 3.8) is 0 Å². The van der Waals surface area contributed by atoms with Gasteiger partial charge in [0.2, 0.25) is 5.91 Å². The van der Waals surface area contributed by atoms with E-state index in [1.807, 2.05) is 60.7 Å². The molecule has 2 heterocycles. The van der Waals surface area contributed by atoms with Crippen molar-refractivity contribution in [3.8, 4) is 11.5 Å². The molecular weight excluding hydrogens is 640 g/mol. The van der Waals surface area contributed by atoms with Crippen molar-refractivity contribution in [2.24, 2.45) is 0 Å². The second-order valence-electron chi connectivity index (χ2n) is 12.2. The van der Waals surface area contributed by atoms with E-state index >= 15 is 0 Å². The Balaban J connectivity index is 0.00000468. The molecule has 0 radical (unpaired) electrons. The first-order chi connectivity index (χ1) is 23.3. The van der Waals surface area contributed by atoms with Crippen LogP contribution >= 0.6 is 12.4 Å². The Bertz CT molecular complexity index is 1840. The van der Waals surface area contributed by atoms with Crippen LogP contribution < -0.4 is 20.1 Å². The van der Waals surface area contributed by atoms with Crippen LogP contribution in [0.5, 0.6) is 11.5 Å². The first-order valence-electron chi connectivity index (χ1n) is 16.1. The summed E-state index contributed by atoms with van der Waals surface area (Å²) in [5, 5.41) is 5.82. The van der Waals surface area contributed by atoms with Gasteiger partial charge >= 0.3 is 0 Å². The summed E-state index contributed by atoms with van der Waals surface area (Å²) in [6.07, 6.45) is 3.84. The lowest BCUT2D eigenvalue weighted by molar-refractivity contribution is -0.138. The number of nitrogens with zero attached hydrogens (tertiary/aromatic N) is 2. The zero-order valence-corrected chi connectivity index (χ0v) is 28.7. The van der Waals surface area contributed by atoms with Gasteiger partial charge in [-0.25, -0.2) is 0 Å². The fourth-order valence-corrected chi connectivity index (χ4v) is 6.26. The van der Waals surface area contributed by atoms with Gasteiger partial charge in [0.15, 0.2) is 11.5 Å². The average Bonchev–Trinajstić information content (AvgIpc) is 3.11. The van der Waals surface area contributed by atoms with Gasteiger partial charge < -0.3 is 25.0 Å². The molecule has 254 valence electrons. The minimum atomic E-state index is -0.729. The van der Waals surface area contributed by atoms with Crippen LogP contribution in [0.25, 0.3) is 6.08 Å². The monoisotopic (exact) mass is 680 g/mol. The van der Waals surface area contributed by atoms with Crippen LogP contribution in [-0.2, 0) is 35.4 Å². The number of likely N-dealkylation sites (N-methyl/N-ethyl adjacent to an activating group) is 1. The summed E-state index contributed by atoms with van der Waals surface area (Å²) in [6.45, 7) is 2.78. The highest BCUT2D eigenvalue weighted by Crippen LogP contribution is 2.33. The van der Waals surface area contributed by atoms with Gasteiger partial charge in [-0.1, -0.05) is 54.6 Å². The molecule has 0 saturated carbocycles. The standard InChI is InChI=1S/C39H40N4O5.ClH/c1-42-34(22-27-8-5-4-6-9-27)38(45)41-33(39(42)46)21-28-10-7-11-30(20-28)37(44)40-32-14-12-26(13-15-32)16-18-43-19-17-29-23-35(47-2)36(48-3)24-31(29)25-43;/h4-15,20,22-24,33H,16-19,21,25H2,1-3H3,(H,40,44)(H,41,45);1H/b34-22-;. The largest absolute Gasteiger partial charge is 0.493 e. The molecule has 1 atom stereocenters. The average molecular weight is 681 g/mol. The Kier molecular flexibility index (Phi) is 11.4. The van der Waals surface area contributed by atoms with E-state index in [0.29, 0.717) is 16.9 Å². The Morgan fingerprint density at radius 1 is 0.898 bits per heavy atom. The number of carbonyl (C=O) groups is 3. The third kappa shape index (κ3) is 8.31. The maximum atomic E-state index is 13.2. The van der Waals surface area contributed by atoms with E-state index in [-0.39, 0.29) is 36.5 Å². The van der Waals surface area contributed by atoms with E-state index in [9.17, 15) is 14.4 Å². The van der Waals surface area contributed by atoms with Crippen molar-refractivity contribution in [1.82, 2.24) is 15.1 Å². The number of halogens is 1. The molecule has 1 saturated heterocycles. The molecule has 4 aromatic carbocycles. The number of fused-ring (bicyclic) bond motifs is 1. The molecule has 1 unspecified atom stereocenters. The van der Waals surface area contributed by atoms with Crippen LogP contribution in [-0.4, -0.2) is 67.9 Å². The van der Waals surface area contributed by atoms with Crippen LogP contribution in [0.3, 0.4) is 0 Å². The van der Waals surface area contributed by atoms with Gasteiger partial charge in [0.05, 0.1) is 14.2 Å². The summed E-state index contributed by atoms with van der Waals surface area (Å²) in [5.74, 6) is 0.764. The predicted octanol–water partition coefficient (Wildman–Crippen LogP) is 5.52. The summed E-state index contributed by atoms with van der Waals surface area (Å²) in [7, 11) is 4.94. The highest BCUT2D eigenvalue weighted by atomic mass is 35.5. The first kappa shape index (κ1) is 35.2. The van der Waals surface area contributed by atoms with E-state index in [2.05, 4.69) is 27.7 Å². The third-order valence-electron chi connectivity index (χ3n) is 8.99. The molecule has 2 N–H and O–H groups in total. The lowest BCUT2D eigenvalue weighted by Crippen LogP contribution is -2.56. The molecule has 4 aromatic rings. The van der Waals surface area contributed by atoms with Crippen molar-refractivity contribution >= 4 is 41.9 Å². The first-order valence-corrected chi connectivity index (χ1v) is 16.1. The number of rotatable bonds is 10. The number of ether oxygens (including phenoxy) is 2. The Labute approximate surface area is 293 Å². The maximum Gasteiger partial charge on any atom is 0.268 e.